The van der Waals surface area contributed by atoms with E-state index in [9.17, 15) is 0 Å². The monoisotopic (exact) mass is 218 g/mol. The molecule has 0 saturated heterocycles. The number of pyridine rings is 1. The zero-order valence-corrected chi connectivity index (χ0v) is 10.1. The Bertz CT molecular complexity index is 394. The summed E-state index contributed by atoms with van der Waals surface area (Å²) < 4.78 is 0. The van der Waals surface area contributed by atoms with Crippen LogP contribution in [-0.2, 0) is 0 Å². The average Bonchev–Trinajstić information content (AvgIpc) is 2.31. The van der Waals surface area contributed by atoms with Crippen LogP contribution >= 0.6 is 0 Å². The molecule has 0 radical (unpaired) electrons. The van der Waals surface area contributed by atoms with Gasteiger partial charge in [-0.1, -0.05) is 6.92 Å². The minimum absolute atomic E-state index is 0.369. The second-order valence-corrected chi connectivity index (χ2v) is 3.75. The number of hydrogen-bond acceptors (Lipinski definition) is 4. The maximum absolute atomic E-state index is 8.92. The Labute approximate surface area is 96.7 Å². The number of rotatable bonds is 4. The van der Waals surface area contributed by atoms with E-state index in [0.717, 1.165) is 18.8 Å². The molecule has 0 aliphatic carbocycles. The van der Waals surface area contributed by atoms with Crippen molar-refractivity contribution in [2.24, 2.45) is 0 Å². The number of anilines is 2. The third kappa shape index (κ3) is 2.25. The Morgan fingerprint density at radius 3 is 2.75 bits per heavy atom. The summed E-state index contributed by atoms with van der Waals surface area (Å²) >= 11 is 0. The fraction of sp³-hybridized carbons (Fsp3) is 0.500. The molecule has 0 amide bonds. The standard InChI is InChI=1S/C12H18N4/c1-4-9(3)16(5-2)12-11(14)10(8-13)6-7-15-12/h6-7,9H,4-5,14H2,1-3H3. The molecular weight excluding hydrogens is 200 g/mol. The van der Waals surface area contributed by atoms with Crippen molar-refractivity contribution in [2.45, 2.75) is 33.2 Å². The third-order valence-electron chi connectivity index (χ3n) is 2.83. The number of nitrogen functional groups attached to an aromatic ring is 1. The quantitative estimate of drug-likeness (QED) is 0.841. The van der Waals surface area contributed by atoms with Crippen LogP contribution in [0.4, 0.5) is 11.5 Å². The highest BCUT2D eigenvalue weighted by atomic mass is 15.2. The van der Waals surface area contributed by atoms with Crippen molar-refractivity contribution in [1.29, 1.82) is 5.26 Å². The molecule has 1 unspecified atom stereocenters. The van der Waals surface area contributed by atoms with Gasteiger partial charge in [0.25, 0.3) is 0 Å². The number of nitrogens with two attached hydrogens (primary N) is 1. The molecule has 0 fully saturated rings. The van der Waals surface area contributed by atoms with Gasteiger partial charge in [0.05, 0.1) is 11.3 Å². The lowest BCUT2D eigenvalue weighted by molar-refractivity contribution is 0.624. The first-order valence-electron chi connectivity index (χ1n) is 5.56. The predicted molar refractivity (Wildman–Crippen MR) is 66.1 cm³/mol. The summed E-state index contributed by atoms with van der Waals surface area (Å²) in [4.78, 5) is 6.40. The fourth-order valence-electron chi connectivity index (χ4n) is 1.68. The second-order valence-electron chi connectivity index (χ2n) is 3.75. The van der Waals surface area contributed by atoms with E-state index in [1.54, 1.807) is 12.3 Å². The molecule has 4 heteroatoms. The Morgan fingerprint density at radius 2 is 2.25 bits per heavy atom. The summed E-state index contributed by atoms with van der Waals surface area (Å²) in [6.45, 7) is 7.15. The normalized spacial score (nSPS) is 11.9. The molecule has 0 aliphatic rings. The van der Waals surface area contributed by atoms with Crippen molar-refractivity contribution in [2.75, 3.05) is 17.2 Å². The highest BCUT2D eigenvalue weighted by Gasteiger charge is 2.16. The first-order chi connectivity index (χ1) is 7.65. The molecule has 1 atom stereocenters. The van der Waals surface area contributed by atoms with Gasteiger partial charge in [-0.25, -0.2) is 4.98 Å². The zero-order chi connectivity index (χ0) is 12.1. The van der Waals surface area contributed by atoms with Crippen LogP contribution in [0.5, 0.6) is 0 Å². The van der Waals surface area contributed by atoms with Crippen LogP contribution in [0.15, 0.2) is 12.3 Å². The summed E-state index contributed by atoms with van der Waals surface area (Å²) in [7, 11) is 0. The Balaban J connectivity index is 3.16. The highest BCUT2D eigenvalue weighted by molar-refractivity contribution is 5.70. The molecule has 0 bridgehead atoms. The van der Waals surface area contributed by atoms with Crippen LogP contribution in [0.1, 0.15) is 32.8 Å². The van der Waals surface area contributed by atoms with E-state index in [0.29, 0.717) is 17.3 Å². The largest absolute Gasteiger partial charge is 0.395 e. The smallest absolute Gasteiger partial charge is 0.153 e. The first-order valence-corrected chi connectivity index (χ1v) is 5.56. The number of aromatic nitrogens is 1. The van der Waals surface area contributed by atoms with Gasteiger partial charge < -0.3 is 10.6 Å². The molecule has 1 aromatic heterocycles. The molecule has 0 aliphatic heterocycles. The minimum atomic E-state index is 0.369. The van der Waals surface area contributed by atoms with E-state index in [-0.39, 0.29) is 0 Å². The summed E-state index contributed by atoms with van der Waals surface area (Å²) in [5.41, 5.74) is 6.91. The van der Waals surface area contributed by atoms with Crippen LogP contribution in [-0.4, -0.2) is 17.6 Å². The van der Waals surface area contributed by atoms with Crippen molar-refractivity contribution >= 4 is 11.5 Å². The van der Waals surface area contributed by atoms with E-state index in [2.05, 4.69) is 36.7 Å². The molecule has 86 valence electrons. The van der Waals surface area contributed by atoms with E-state index < -0.39 is 0 Å². The maximum Gasteiger partial charge on any atom is 0.153 e. The van der Waals surface area contributed by atoms with Crippen molar-refractivity contribution < 1.29 is 0 Å². The average molecular weight is 218 g/mol. The van der Waals surface area contributed by atoms with Crippen LogP contribution in [0.2, 0.25) is 0 Å². The molecule has 16 heavy (non-hydrogen) atoms. The van der Waals surface area contributed by atoms with Crippen LogP contribution in [0, 0.1) is 11.3 Å². The number of hydrogen-bond donors (Lipinski definition) is 1. The number of nitrogens with zero attached hydrogens (tertiary/aromatic N) is 3. The van der Waals surface area contributed by atoms with E-state index >= 15 is 0 Å². The van der Waals surface area contributed by atoms with E-state index in [1.165, 1.54) is 0 Å². The van der Waals surface area contributed by atoms with Crippen molar-refractivity contribution in [3.63, 3.8) is 0 Å². The van der Waals surface area contributed by atoms with E-state index in [1.807, 2.05) is 0 Å². The Kier molecular flexibility index (Phi) is 4.12. The number of nitriles is 1. The van der Waals surface area contributed by atoms with Gasteiger partial charge in [0.2, 0.25) is 0 Å². The highest BCUT2D eigenvalue weighted by Crippen LogP contribution is 2.25. The summed E-state index contributed by atoms with van der Waals surface area (Å²) in [5, 5.41) is 8.92. The molecule has 1 heterocycles. The lowest BCUT2D eigenvalue weighted by Crippen LogP contribution is -2.33. The summed E-state index contributed by atoms with van der Waals surface area (Å²) in [6, 6.07) is 4.09. The van der Waals surface area contributed by atoms with Crippen molar-refractivity contribution in [3.05, 3.63) is 17.8 Å². The van der Waals surface area contributed by atoms with Gasteiger partial charge in [0.15, 0.2) is 5.82 Å². The zero-order valence-electron chi connectivity index (χ0n) is 10.1. The van der Waals surface area contributed by atoms with Gasteiger partial charge >= 0.3 is 0 Å². The Morgan fingerprint density at radius 1 is 1.56 bits per heavy atom. The Hall–Kier alpha value is -1.76. The van der Waals surface area contributed by atoms with Crippen molar-refractivity contribution in [3.8, 4) is 6.07 Å². The molecular formula is C12H18N4. The predicted octanol–water partition coefficient (Wildman–Crippen LogP) is 2.16. The summed E-state index contributed by atoms with van der Waals surface area (Å²) in [6.07, 6.45) is 2.65. The maximum atomic E-state index is 8.92. The molecule has 4 nitrogen and oxygen atoms in total. The lowest BCUT2D eigenvalue weighted by atomic mass is 10.2. The SMILES string of the molecule is CCC(C)N(CC)c1nccc(C#N)c1N. The van der Waals surface area contributed by atoms with E-state index in [4.69, 9.17) is 11.0 Å². The topological polar surface area (TPSA) is 65.9 Å². The minimum Gasteiger partial charge on any atom is -0.395 e. The van der Waals surface area contributed by atoms with Gasteiger partial charge in [0, 0.05) is 18.8 Å². The van der Waals surface area contributed by atoms with Crippen LogP contribution in [0.3, 0.4) is 0 Å². The molecule has 1 aromatic rings. The molecule has 2 N–H and O–H groups in total. The lowest BCUT2D eigenvalue weighted by Gasteiger charge is -2.29. The van der Waals surface area contributed by atoms with Crippen LogP contribution < -0.4 is 10.6 Å². The van der Waals surface area contributed by atoms with Crippen molar-refractivity contribution in [1.82, 2.24) is 4.98 Å². The fourth-order valence-corrected chi connectivity index (χ4v) is 1.68. The van der Waals surface area contributed by atoms with Crippen LogP contribution in [0.25, 0.3) is 0 Å². The van der Waals surface area contributed by atoms with Gasteiger partial charge in [-0.15, -0.1) is 0 Å². The third-order valence-corrected chi connectivity index (χ3v) is 2.83. The molecule has 0 spiro atoms. The summed E-state index contributed by atoms with van der Waals surface area (Å²) in [5.74, 6) is 0.718. The van der Waals surface area contributed by atoms with Gasteiger partial charge in [-0.3, -0.25) is 0 Å². The molecule has 1 rings (SSSR count). The van der Waals surface area contributed by atoms with Gasteiger partial charge in [-0.2, -0.15) is 5.26 Å². The second kappa shape index (κ2) is 5.36. The molecule has 0 aromatic carbocycles. The molecule has 0 saturated carbocycles. The first kappa shape index (κ1) is 12.3. The van der Waals surface area contributed by atoms with Gasteiger partial charge in [-0.05, 0) is 26.3 Å². The van der Waals surface area contributed by atoms with Gasteiger partial charge in [0.1, 0.15) is 6.07 Å².